The van der Waals surface area contributed by atoms with Crippen LogP contribution in [0, 0.1) is 5.82 Å². The maximum absolute atomic E-state index is 13.9. The first-order valence-corrected chi connectivity index (χ1v) is 9.68. The minimum Gasteiger partial charge on any atom is -0.354 e. The molecule has 2 fully saturated rings. The molecule has 0 radical (unpaired) electrons. The number of benzene rings is 1. The number of aliphatic imine (C=N–C) groups is 1. The summed E-state index contributed by atoms with van der Waals surface area (Å²) < 4.78 is 13.9. The number of halogens is 2. The van der Waals surface area contributed by atoms with Gasteiger partial charge in [0.1, 0.15) is 5.82 Å². The van der Waals surface area contributed by atoms with Gasteiger partial charge in [0.05, 0.1) is 0 Å². The zero-order chi connectivity index (χ0) is 17.6. The lowest BCUT2D eigenvalue weighted by Crippen LogP contribution is -2.49. The maximum atomic E-state index is 13.9. The van der Waals surface area contributed by atoms with E-state index in [1.807, 2.05) is 19.2 Å². The minimum atomic E-state index is -0.0980. The van der Waals surface area contributed by atoms with E-state index in [4.69, 9.17) is 0 Å². The van der Waals surface area contributed by atoms with Crippen molar-refractivity contribution in [1.82, 2.24) is 15.5 Å². The van der Waals surface area contributed by atoms with Crippen molar-refractivity contribution in [3.8, 4) is 0 Å². The van der Waals surface area contributed by atoms with E-state index >= 15 is 0 Å². The molecule has 0 amide bonds. The van der Waals surface area contributed by atoms with Crippen molar-refractivity contribution in [2.24, 2.45) is 4.99 Å². The number of rotatable bonds is 6. The zero-order valence-corrected chi connectivity index (χ0v) is 18.2. The zero-order valence-electron chi connectivity index (χ0n) is 15.9. The third-order valence-corrected chi connectivity index (χ3v) is 5.40. The lowest BCUT2D eigenvalue weighted by Gasteiger charge is -2.33. The van der Waals surface area contributed by atoms with Gasteiger partial charge in [-0.25, -0.2) is 4.39 Å². The number of nitrogens with zero attached hydrogens (tertiary/aromatic N) is 2. The van der Waals surface area contributed by atoms with Gasteiger partial charge in [-0.2, -0.15) is 0 Å². The molecule has 26 heavy (non-hydrogen) atoms. The summed E-state index contributed by atoms with van der Waals surface area (Å²) in [7, 11) is 1.81. The molecule has 1 aromatic rings. The van der Waals surface area contributed by atoms with Crippen LogP contribution in [0.3, 0.4) is 0 Å². The van der Waals surface area contributed by atoms with Gasteiger partial charge in [-0.3, -0.25) is 4.99 Å². The molecule has 2 aliphatic rings. The first-order valence-electron chi connectivity index (χ1n) is 9.68. The van der Waals surface area contributed by atoms with Gasteiger partial charge in [-0.05, 0) is 43.9 Å². The summed E-state index contributed by atoms with van der Waals surface area (Å²) in [6, 6.07) is 7.86. The molecular formula is C20H32FIN4. The highest BCUT2D eigenvalue weighted by Crippen LogP contribution is 2.41. The van der Waals surface area contributed by atoms with Gasteiger partial charge in [0.25, 0.3) is 0 Å². The third-order valence-electron chi connectivity index (χ3n) is 5.40. The van der Waals surface area contributed by atoms with Crippen LogP contribution < -0.4 is 10.6 Å². The van der Waals surface area contributed by atoms with E-state index in [1.165, 1.54) is 19.4 Å². The van der Waals surface area contributed by atoms with E-state index in [-0.39, 0.29) is 41.8 Å². The SMILES string of the molecule is CCCCN1CCC(NC(=NC)NC2CC2c2ccccc2F)CC1.I. The summed E-state index contributed by atoms with van der Waals surface area (Å²) in [5.41, 5.74) is 0.819. The Morgan fingerprint density at radius 1 is 1.23 bits per heavy atom. The van der Waals surface area contributed by atoms with E-state index in [9.17, 15) is 4.39 Å². The molecule has 1 aliphatic carbocycles. The van der Waals surface area contributed by atoms with Crippen molar-refractivity contribution in [3.05, 3.63) is 35.6 Å². The Balaban J connectivity index is 0.00000243. The Kier molecular flexibility index (Phi) is 8.60. The predicted molar refractivity (Wildman–Crippen MR) is 117 cm³/mol. The van der Waals surface area contributed by atoms with Crippen LogP contribution in [0.1, 0.15) is 50.5 Å². The summed E-state index contributed by atoms with van der Waals surface area (Å²) in [6.45, 7) is 5.80. The standard InChI is InChI=1S/C20H31FN4.HI/c1-3-4-11-25-12-9-15(10-13-25)23-20(22-2)24-19-14-17(19)16-7-5-6-8-18(16)21;/h5-8,15,17,19H,3-4,9-14H2,1-2H3,(H2,22,23,24);1H. The van der Waals surface area contributed by atoms with Gasteiger partial charge in [0, 0.05) is 38.1 Å². The molecule has 6 heteroatoms. The molecule has 3 rings (SSSR count). The lowest BCUT2D eigenvalue weighted by atomic mass is 10.0. The summed E-state index contributed by atoms with van der Waals surface area (Å²) in [4.78, 5) is 6.93. The van der Waals surface area contributed by atoms with Crippen LogP contribution in [-0.4, -0.2) is 49.6 Å². The number of hydrogen-bond acceptors (Lipinski definition) is 2. The molecule has 1 heterocycles. The quantitative estimate of drug-likeness (QED) is 0.375. The van der Waals surface area contributed by atoms with Crippen LogP contribution in [0.15, 0.2) is 29.3 Å². The average Bonchev–Trinajstić information content (AvgIpc) is 3.39. The summed E-state index contributed by atoms with van der Waals surface area (Å²) in [6.07, 6.45) is 5.84. The highest BCUT2D eigenvalue weighted by molar-refractivity contribution is 14.0. The van der Waals surface area contributed by atoms with Gasteiger partial charge in [-0.15, -0.1) is 24.0 Å². The first kappa shape index (κ1) is 21.4. The highest BCUT2D eigenvalue weighted by atomic mass is 127. The molecule has 0 spiro atoms. The molecule has 4 nitrogen and oxygen atoms in total. The van der Waals surface area contributed by atoms with Crippen LogP contribution in [0.5, 0.6) is 0 Å². The highest BCUT2D eigenvalue weighted by Gasteiger charge is 2.40. The fourth-order valence-electron chi connectivity index (χ4n) is 3.70. The van der Waals surface area contributed by atoms with Gasteiger partial charge < -0.3 is 15.5 Å². The second-order valence-corrected chi connectivity index (χ2v) is 7.30. The number of piperidine rings is 1. The Labute approximate surface area is 174 Å². The van der Waals surface area contributed by atoms with Crippen LogP contribution in [0.25, 0.3) is 0 Å². The van der Waals surface area contributed by atoms with Crippen molar-refractivity contribution in [3.63, 3.8) is 0 Å². The van der Waals surface area contributed by atoms with Crippen LogP contribution in [0.2, 0.25) is 0 Å². The molecule has 0 aromatic heterocycles. The fourth-order valence-corrected chi connectivity index (χ4v) is 3.70. The Morgan fingerprint density at radius 2 is 1.96 bits per heavy atom. The van der Waals surface area contributed by atoms with E-state index in [0.717, 1.165) is 43.9 Å². The lowest BCUT2D eigenvalue weighted by molar-refractivity contribution is 0.203. The molecule has 1 aliphatic heterocycles. The van der Waals surface area contributed by atoms with E-state index in [1.54, 1.807) is 12.1 Å². The summed E-state index contributed by atoms with van der Waals surface area (Å²) >= 11 is 0. The molecule has 2 atom stereocenters. The number of likely N-dealkylation sites (tertiary alicyclic amines) is 1. The van der Waals surface area contributed by atoms with Crippen molar-refractivity contribution in [2.45, 2.75) is 57.0 Å². The van der Waals surface area contributed by atoms with E-state index < -0.39 is 0 Å². The molecule has 2 N–H and O–H groups in total. The van der Waals surface area contributed by atoms with Crippen LogP contribution in [0.4, 0.5) is 4.39 Å². The maximum Gasteiger partial charge on any atom is 0.191 e. The van der Waals surface area contributed by atoms with Crippen LogP contribution in [-0.2, 0) is 0 Å². The first-order chi connectivity index (χ1) is 12.2. The predicted octanol–water partition coefficient (Wildman–Crippen LogP) is 3.73. The van der Waals surface area contributed by atoms with Crippen LogP contribution >= 0.6 is 24.0 Å². The smallest absolute Gasteiger partial charge is 0.191 e. The monoisotopic (exact) mass is 474 g/mol. The van der Waals surface area contributed by atoms with Crippen molar-refractivity contribution in [2.75, 3.05) is 26.7 Å². The molecule has 1 saturated heterocycles. The summed E-state index contributed by atoms with van der Waals surface area (Å²) in [5.74, 6) is 1.02. The van der Waals surface area contributed by atoms with E-state index in [0.29, 0.717) is 6.04 Å². The van der Waals surface area contributed by atoms with Gasteiger partial charge in [-0.1, -0.05) is 31.5 Å². The Hall–Kier alpha value is -0.890. The molecule has 1 aromatic carbocycles. The van der Waals surface area contributed by atoms with Gasteiger partial charge in [0.2, 0.25) is 0 Å². The van der Waals surface area contributed by atoms with Gasteiger partial charge in [0.15, 0.2) is 5.96 Å². The second-order valence-electron chi connectivity index (χ2n) is 7.30. The number of unbranched alkanes of at least 4 members (excludes halogenated alkanes) is 1. The Bertz CT molecular complexity index is 587. The number of guanidine groups is 1. The fraction of sp³-hybridized carbons (Fsp3) is 0.650. The normalized spacial score (nSPS) is 24.0. The number of hydrogen-bond donors (Lipinski definition) is 2. The van der Waals surface area contributed by atoms with Gasteiger partial charge >= 0.3 is 0 Å². The molecule has 146 valence electrons. The number of nitrogens with one attached hydrogen (secondary N) is 2. The third kappa shape index (κ3) is 5.81. The minimum absolute atomic E-state index is 0. The summed E-state index contributed by atoms with van der Waals surface area (Å²) in [5, 5.41) is 7.03. The molecular weight excluding hydrogens is 442 g/mol. The average molecular weight is 474 g/mol. The Morgan fingerprint density at radius 3 is 2.62 bits per heavy atom. The van der Waals surface area contributed by atoms with E-state index in [2.05, 4.69) is 27.4 Å². The van der Waals surface area contributed by atoms with Crippen molar-refractivity contribution >= 4 is 29.9 Å². The largest absolute Gasteiger partial charge is 0.354 e. The molecule has 1 saturated carbocycles. The van der Waals surface area contributed by atoms with Crippen molar-refractivity contribution in [1.29, 1.82) is 0 Å². The second kappa shape index (κ2) is 10.4. The molecule has 2 unspecified atom stereocenters. The topological polar surface area (TPSA) is 39.7 Å². The molecule has 0 bridgehead atoms. The van der Waals surface area contributed by atoms with Crippen molar-refractivity contribution < 1.29 is 4.39 Å².